The Morgan fingerprint density at radius 2 is 1.95 bits per heavy atom. The van der Waals surface area contributed by atoms with Crippen molar-refractivity contribution >= 4 is 11.8 Å². The van der Waals surface area contributed by atoms with E-state index >= 15 is 0 Å². The Morgan fingerprint density at radius 3 is 2.55 bits per heavy atom. The van der Waals surface area contributed by atoms with E-state index in [0.29, 0.717) is 6.04 Å². The van der Waals surface area contributed by atoms with Gasteiger partial charge in [-0.25, -0.2) is 0 Å². The first-order valence-corrected chi connectivity index (χ1v) is 9.02. The molecule has 1 atom stereocenters. The molecule has 1 N–H and O–H groups in total. The zero-order valence-corrected chi connectivity index (χ0v) is 13.8. The molecule has 0 aliphatic heterocycles. The standard InChI is InChI=1S/C18H29NS/c1-4-6-7-8-9-10-18(19-15-5-2)16-11-13-17(20-3)14-12-16/h4,11-14,18-19H,1,5-10,15H2,2-3H3. The molecule has 112 valence electrons. The van der Waals surface area contributed by atoms with Gasteiger partial charge in [-0.3, -0.25) is 0 Å². The molecule has 0 spiro atoms. The number of hydrogen-bond donors (Lipinski definition) is 1. The summed E-state index contributed by atoms with van der Waals surface area (Å²) in [7, 11) is 0. The van der Waals surface area contributed by atoms with E-state index in [0.717, 1.165) is 13.0 Å². The minimum Gasteiger partial charge on any atom is -0.310 e. The van der Waals surface area contributed by atoms with Crippen LogP contribution in [0.15, 0.2) is 41.8 Å². The Balaban J connectivity index is 2.50. The summed E-state index contributed by atoms with van der Waals surface area (Å²) < 4.78 is 0. The van der Waals surface area contributed by atoms with Crippen molar-refractivity contribution in [3.63, 3.8) is 0 Å². The zero-order chi connectivity index (χ0) is 14.6. The third-order valence-electron chi connectivity index (χ3n) is 3.56. The molecule has 1 rings (SSSR count). The molecule has 0 fully saturated rings. The van der Waals surface area contributed by atoms with Gasteiger partial charge >= 0.3 is 0 Å². The molecule has 0 amide bonds. The number of nitrogens with one attached hydrogen (secondary N) is 1. The summed E-state index contributed by atoms with van der Waals surface area (Å²) in [5, 5.41) is 3.69. The molecular weight excluding hydrogens is 262 g/mol. The smallest absolute Gasteiger partial charge is 0.0320 e. The molecule has 0 saturated carbocycles. The van der Waals surface area contributed by atoms with Gasteiger partial charge in [-0.1, -0.05) is 38.0 Å². The van der Waals surface area contributed by atoms with E-state index in [-0.39, 0.29) is 0 Å². The Labute approximate surface area is 129 Å². The lowest BCUT2D eigenvalue weighted by Crippen LogP contribution is -2.22. The molecule has 0 aromatic heterocycles. The highest BCUT2D eigenvalue weighted by atomic mass is 32.2. The molecule has 0 aliphatic carbocycles. The third-order valence-corrected chi connectivity index (χ3v) is 4.30. The lowest BCUT2D eigenvalue weighted by Gasteiger charge is -2.19. The van der Waals surface area contributed by atoms with E-state index in [1.807, 2.05) is 6.08 Å². The van der Waals surface area contributed by atoms with Crippen molar-refractivity contribution in [2.45, 2.75) is 56.4 Å². The summed E-state index contributed by atoms with van der Waals surface area (Å²) >= 11 is 1.80. The van der Waals surface area contributed by atoms with Crippen LogP contribution in [0.5, 0.6) is 0 Å². The first-order chi connectivity index (χ1) is 9.81. The summed E-state index contributed by atoms with van der Waals surface area (Å²) in [5.41, 5.74) is 1.43. The molecule has 0 saturated heterocycles. The Bertz CT molecular complexity index is 358. The molecule has 1 nitrogen and oxygen atoms in total. The molecule has 0 bridgehead atoms. The van der Waals surface area contributed by atoms with Gasteiger partial charge in [0.2, 0.25) is 0 Å². The van der Waals surface area contributed by atoms with Crippen LogP contribution in [0.3, 0.4) is 0 Å². The van der Waals surface area contributed by atoms with E-state index in [4.69, 9.17) is 0 Å². The molecule has 1 unspecified atom stereocenters. The topological polar surface area (TPSA) is 12.0 Å². The van der Waals surface area contributed by atoms with Gasteiger partial charge in [0.1, 0.15) is 0 Å². The highest BCUT2D eigenvalue weighted by Crippen LogP contribution is 2.23. The fourth-order valence-corrected chi connectivity index (χ4v) is 2.76. The molecule has 0 radical (unpaired) electrons. The zero-order valence-electron chi connectivity index (χ0n) is 13.0. The van der Waals surface area contributed by atoms with Crippen LogP contribution in [0.1, 0.15) is 57.1 Å². The summed E-state index contributed by atoms with van der Waals surface area (Å²) in [6.45, 7) is 7.11. The molecule has 1 aromatic carbocycles. The second kappa shape index (κ2) is 11.0. The molecule has 2 heteroatoms. The van der Waals surface area contributed by atoms with Crippen molar-refractivity contribution in [3.8, 4) is 0 Å². The predicted octanol–water partition coefficient (Wildman–Crippen LogP) is 5.59. The second-order valence-electron chi connectivity index (χ2n) is 5.21. The third kappa shape index (κ3) is 6.62. The number of allylic oxidation sites excluding steroid dienone is 1. The van der Waals surface area contributed by atoms with Crippen molar-refractivity contribution in [1.82, 2.24) is 5.32 Å². The van der Waals surface area contributed by atoms with E-state index in [2.05, 4.69) is 49.3 Å². The molecule has 0 heterocycles. The van der Waals surface area contributed by atoms with Crippen LogP contribution in [0.2, 0.25) is 0 Å². The Hall–Kier alpha value is -0.730. The molecular formula is C18H29NS. The molecule has 0 aliphatic rings. The van der Waals surface area contributed by atoms with Crippen molar-refractivity contribution in [2.75, 3.05) is 12.8 Å². The second-order valence-corrected chi connectivity index (χ2v) is 6.09. The van der Waals surface area contributed by atoms with Crippen molar-refractivity contribution in [3.05, 3.63) is 42.5 Å². The van der Waals surface area contributed by atoms with Crippen molar-refractivity contribution < 1.29 is 0 Å². The SMILES string of the molecule is C=CCCCCCC(NCCC)c1ccc(SC)cc1. The number of benzene rings is 1. The monoisotopic (exact) mass is 291 g/mol. The maximum absolute atomic E-state index is 3.78. The Morgan fingerprint density at radius 1 is 1.20 bits per heavy atom. The Kier molecular flexibility index (Phi) is 9.52. The maximum atomic E-state index is 3.78. The first kappa shape index (κ1) is 17.3. The average Bonchev–Trinajstić information content (AvgIpc) is 2.50. The van der Waals surface area contributed by atoms with Crippen LogP contribution in [0.25, 0.3) is 0 Å². The molecule has 1 aromatic rings. The summed E-state index contributed by atoms with van der Waals surface area (Å²) in [4.78, 5) is 1.34. The quantitative estimate of drug-likeness (QED) is 0.324. The van der Waals surface area contributed by atoms with Gasteiger partial charge in [0.25, 0.3) is 0 Å². The van der Waals surface area contributed by atoms with Crippen LogP contribution in [-0.4, -0.2) is 12.8 Å². The number of rotatable bonds is 11. The van der Waals surface area contributed by atoms with Gasteiger partial charge < -0.3 is 5.32 Å². The minimum absolute atomic E-state index is 0.509. The van der Waals surface area contributed by atoms with Gasteiger partial charge in [0, 0.05) is 10.9 Å². The largest absolute Gasteiger partial charge is 0.310 e. The van der Waals surface area contributed by atoms with Gasteiger partial charge in [0.05, 0.1) is 0 Å². The van der Waals surface area contributed by atoms with Crippen LogP contribution < -0.4 is 5.32 Å². The number of thioether (sulfide) groups is 1. The van der Waals surface area contributed by atoms with E-state index in [1.165, 1.54) is 42.6 Å². The van der Waals surface area contributed by atoms with Crippen LogP contribution in [-0.2, 0) is 0 Å². The predicted molar refractivity (Wildman–Crippen MR) is 92.5 cm³/mol. The van der Waals surface area contributed by atoms with Crippen molar-refractivity contribution in [2.24, 2.45) is 0 Å². The summed E-state index contributed by atoms with van der Waals surface area (Å²) in [6, 6.07) is 9.54. The fourth-order valence-electron chi connectivity index (χ4n) is 2.36. The van der Waals surface area contributed by atoms with Gasteiger partial charge in [-0.05, 0) is 56.2 Å². The van der Waals surface area contributed by atoms with Gasteiger partial charge in [-0.15, -0.1) is 18.3 Å². The van der Waals surface area contributed by atoms with E-state index < -0.39 is 0 Å². The normalized spacial score (nSPS) is 12.3. The molecule has 20 heavy (non-hydrogen) atoms. The van der Waals surface area contributed by atoms with Crippen LogP contribution in [0, 0.1) is 0 Å². The van der Waals surface area contributed by atoms with Crippen LogP contribution >= 0.6 is 11.8 Å². The highest BCUT2D eigenvalue weighted by Gasteiger charge is 2.10. The van der Waals surface area contributed by atoms with Crippen LogP contribution in [0.4, 0.5) is 0 Å². The highest BCUT2D eigenvalue weighted by molar-refractivity contribution is 7.98. The van der Waals surface area contributed by atoms with Gasteiger partial charge in [-0.2, -0.15) is 0 Å². The lowest BCUT2D eigenvalue weighted by atomic mass is 10.00. The number of hydrogen-bond acceptors (Lipinski definition) is 2. The van der Waals surface area contributed by atoms with E-state index in [9.17, 15) is 0 Å². The fraction of sp³-hybridized carbons (Fsp3) is 0.556. The van der Waals surface area contributed by atoms with Crippen molar-refractivity contribution in [1.29, 1.82) is 0 Å². The summed E-state index contributed by atoms with van der Waals surface area (Å²) in [6.07, 6.45) is 11.6. The average molecular weight is 292 g/mol. The summed E-state index contributed by atoms with van der Waals surface area (Å²) in [5.74, 6) is 0. The van der Waals surface area contributed by atoms with E-state index in [1.54, 1.807) is 11.8 Å². The maximum Gasteiger partial charge on any atom is 0.0320 e. The number of unbranched alkanes of at least 4 members (excludes halogenated alkanes) is 3. The van der Waals surface area contributed by atoms with Gasteiger partial charge in [0.15, 0.2) is 0 Å². The minimum atomic E-state index is 0.509. The first-order valence-electron chi connectivity index (χ1n) is 7.80. The lowest BCUT2D eigenvalue weighted by molar-refractivity contribution is 0.472.